The first-order valence-corrected chi connectivity index (χ1v) is 7.22. The molecule has 0 radical (unpaired) electrons. The highest BCUT2D eigenvalue weighted by atomic mass is 32.2. The quantitative estimate of drug-likeness (QED) is 0.825. The number of hydrogen-bond donors (Lipinski definition) is 2. The first kappa shape index (κ1) is 15.1. The highest BCUT2D eigenvalue weighted by Crippen LogP contribution is 2.17. The van der Waals surface area contributed by atoms with Crippen LogP contribution in [0, 0.1) is 18.7 Å². The lowest BCUT2D eigenvalue weighted by Crippen LogP contribution is -2.29. The van der Waals surface area contributed by atoms with E-state index in [-0.39, 0.29) is 29.5 Å². The van der Waals surface area contributed by atoms with Gasteiger partial charge in [0.25, 0.3) is 0 Å². The summed E-state index contributed by atoms with van der Waals surface area (Å²) < 4.78 is 39.7. The Balaban J connectivity index is 2.84. The van der Waals surface area contributed by atoms with Crippen molar-refractivity contribution in [2.24, 2.45) is 5.92 Å². The first-order chi connectivity index (χ1) is 8.38. The summed E-state index contributed by atoms with van der Waals surface area (Å²) in [4.78, 5) is -0.0429. The average Bonchev–Trinajstić information content (AvgIpc) is 2.30. The number of aliphatic hydroxyl groups excluding tert-OH is 1. The van der Waals surface area contributed by atoms with E-state index in [1.165, 1.54) is 25.1 Å². The van der Waals surface area contributed by atoms with Crippen molar-refractivity contribution < 1.29 is 17.9 Å². The minimum Gasteiger partial charge on any atom is -0.396 e. The monoisotopic (exact) mass is 275 g/mol. The molecular formula is C12H18FNO3S. The molecule has 1 rings (SSSR count). The predicted octanol–water partition coefficient (Wildman–Crippen LogP) is 1.43. The molecule has 0 aromatic heterocycles. The van der Waals surface area contributed by atoms with Crippen LogP contribution in [0.3, 0.4) is 0 Å². The van der Waals surface area contributed by atoms with Crippen LogP contribution in [0.5, 0.6) is 0 Å². The number of rotatable bonds is 6. The van der Waals surface area contributed by atoms with Gasteiger partial charge in [0.15, 0.2) is 0 Å². The van der Waals surface area contributed by atoms with E-state index in [1.807, 2.05) is 6.92 Å². The summed E-state index contributed by atoms with van der Waals surface area (Å²) in [6, 6.07) is 3.97. The van der Waals surface area contributed by atoms with Crippen LogP contribution >= 0.6 is 0 Å². The van der Waals surface area contributed by atoms with Crippen molar-refractivity contribution in [2.45, 2.75) is 25.2 Å². The lowest BCUT2D eigenvalue weighted by atomic mass is 10.1. The topological polar surface area (TPSA) is 66.4 Å². The van der Waals surface area contributed by atoms with E-state index < -0.39 is 15.8 Å². The molecular weight excluding hydrogens is 257 g/mol. The van der Waals surface area contributed by atoms with Crippen LogP contribution in [0.1, 0.15) is 18.9 Å². The minimum atomic E-state index is -3.70. The van der Waals surface area contributed by atoms with Crippen molar-refractivity contribution in [3.05, 3.63) is 29.6 Å². The van der Waals surface area contributed by atoms with Crippen LogP contribution in [0.15, 0.2) is 23.1 Å². The van der Waals surface area contributed by atoms with E-state index in [4.69, 9.17) is 5.11 Å². The molecule has 0 aliphatic carbocycles. The highest BCUT2D eigenvalue weighted by Gasteiger charge is 2.18. The SMILES string of the molecule is Cc1c(F)cccc1S(=O)(=O)NCC(C)CCO. The van der Waals surface area contributed by atoms with Crippen LogP contribution in [0.2, 0.25) is 0 Å². The molecule has 2 N–H and O–H groups in total. The van der Waals surface area contributed by atoms with Crippen molar-refractivity contribution in [3.63, 3.8) is 0 Å². The molecule has 0 heterocycles. The third kappa shape index (κ3) is 3.76. The van der Waals surface area contributed by atoms with Gasteiger partial charge in [0.2, 0.25) is 10.0 Å². The molecule has 4 nitrogen and oxygen atoms in total. The Kier molecular flexibility index (Phi) is 5.25. The van der Waals surface area contributed by atoms with Gasteiger partial charge in [-0.25, -0.2) is 17.5 Å². The van der Waals surface area contributed by atoms with Crippen molar-refractivity contribution in [1.29, 1.82) is 0 Å². The number of benzene rings is 1. The van der Waals surface area contributed by atoms with Gasteiger partial charge >= 0.3 is 0 Å². The van der Waals surface area contributed by atoms with E-state index in [1.54, 1.807) is 0 Å². The molecule has 102 valence electrons. The Hall–Kier alpha value is -0.980. The summed E-state index contributed by atoms with van der Waals surface area (Å²) in [5.74, 6) is -0.514. The molecule has 6 heteroatoms. The zero-order valence-corrected chi connectivity index (χ0v) is 11.3. The lowest BCUT2D eigenvalue weighted by Gasteiger charge is -2.13. The average molecular weight is 275 g/mol. The number of hydrogen-bond acceptors (Lipinski definition) is 3. The Morgan fingerprint density at radius 2 is 2.11 bits per heavy atom. The van der Waals surface area contributed by atoms with Crippen molar-refractivity contribution in [1.82, 2.24) is 4.72 Å². The molecule has 1 unspecified atom stereocenters. The van der Waals surface area contributed by atoms with E-state index in [9.17, 15) is 12.8 Å². The van der Waals surface area contributed by atoms with Crippen LogP contribution in [0.25, 0.3) is 0 Å². The zero-order valence-electron chi connectivity index (χ0n) is 10.5. The van der Waals surface area contributed by atoms with E-state index in [0.29, 0.717) is 6.42 Å². The number of sulfonamides is 1. The van der Waals surface area contributed by atoms with E-state index >= 15 is 0 Å². The van der Waals surface area contributed by atoms with E-state index in [2.05, 4.69) is 4.72 Å². The molecule has 18 heavy (non-hydrogen) atoms. The zero-order chi connectivity index (χ0) is 13.8. The molecule has 0 saturated heterocycles. The van der Waals surface area contributed by atoms with Gasteiger partial charge in [0.1, 0.15) is 5.82 Å². The fraction of sp³-hybridized carbons (Fsp3) is 0.500. The summed E-state index contributed by atoms with van der Waals surface area (Å²) in [6.45, 7) is 3.50. The first-order valence-electron chi connectivity index (χ1n) is 5.74. The molecule has 0 spiro atoms. The molecule has 0 saturated carbocycles. The Morgan fingerprint density at radius 3 is 2.72 bits per heavy atom. The fourth-order valence-electron chi connectivity index (χ4n) is 1.53. The molecule has 1 aromatic rings. The second kappa shape index (κ2) is 6.26. The van der Waals surface area contributed by atoms with Gasteiger partial charge in [-0.2, -0.15) is 0 Å². The molecule has 0 aliphatic heterocycles. The number of aliphatic hydroxyl groups is 1. The maximum absolute atomic E-state index is 13.3. The standard InChI is InChI=1S/C12H18FNO3S/c1-9(6-7-15)8-14-18(16,17)12-5-3-4-11(13)10(12)2/h3-5,9,14-15H,6-8H2,1-2H3. The van der Waals surface area contributed by atoms with Gasteiger partial charge in [0.05, 0.1) is 4.90 Å². The summed E-state index contributed by atoms with van der Waals surface area (Å²) in [5.41, 5.74) is 0.111. The Labute approximate surface area is 107 Å². The van der Waals surface area contributed by atoms with Gasteiger partial charge in [-0.3, -0.25) is 0 Å². The molecule has 0 aliphatic rings. The predicted molar refractivity (Wildman–Crippen MR) is 67.2 cm³/mol. The van der Waals surface area contributed by atoms with Gasteiger partial charge in [-0.1, -0.05) is 13.0 Å². The number of halogens is 1. The summed E-state index contributed by atoms with van der Waals surface area (Å²) >= 11 is 0. The van der Waals surface area contributed by atoms with Crippen molar-refractivity contribution >= 4 is 10.0 Å². The van der Waals surface area contributed by atoms with Gasteiger partial charge in [0, 0.05) is 18.7 Å². The molecule has 0 fully saturated rings. The van der Waals surface area contributed by atoms with Crippen LogP contribution in [-0.2, 0) is 10.0 Å². The Bertz CT molecular complexity index is 502. The third-order valence-electron chi connectivity index (χ3n) is 2.75. The van der Waals surface area contributed by atoms with Gasteiger partial charge in [-0.15, -0.1) is 0 Å². The second-order valence-corrected chi connectivity index (χ2v) is 6.07. The normalized spacial score (nSPS) is 13.6. The van der Waals surface area contributed by atoms with Crippen molar-refractivity contribution in [2.75, 3.05) is 13.2 Å². The Morgan fingerprint density at radius 1 is 1.44 bits per heavy atom. The molecule has 1 aromatic carbocycles. The fourth-order valence-corrected chi connectivity index (χ4v) is 2.95. The highest BCUT2D eigenvalue weighted by molar-refractivity contribution is 7.89. The minimum absolute atomic E-state index is 0.0158. The summed E-state index contributed by atoms with van der Waals surface area (Å²) in [5, 5.41) is 8.74. The molecule has 0 amide bonds. The lowest BCUT2D eigenvalue weighted by molar-refractivity contribution is 0.263. The van der Waals surface area contributed by atoms with Crippen LogP contribution in [0.4, 0.5) is 4.39 Å². The molecule has 1 atom stereocenters. The largest absolute Gasteiger partial charge is 0.396 e. The summed E-state index contributed by atoms with van der Waals surface area (Å²) in [6.07, 6.45) is 0.519. The number of nitrogens with one attached hydrogen (secondary N) is 1. The summed E-state index contributed by atoms with van der Waals surface area (Å²) in [7, 11) is -3.70. The van der Waals surface area contributed by atoms with Crippen LogP contribution in [-0.4, -0.2) is 26.7 Å². The van der Waals surface area contributed by atoms with Crippen LogP contribution < -0.4 is 4.72 Å². The van der Waals surface area contributed by atoms with E-state index in [0.717, 1.165) is 0 Å². The second-order valence-electron chi connectivity index (χ2n) is 4.33. The third-order valence-corrected chi connectivity index (χ3v) is 4.32. The maximum Gasteiger partial charge on any atom is 0.240 e. The molecule has 0 bridgehead atoms. The van der Waals surface area contributed by atoms with Gasteiger partial charge < -0.3 is 5.11 Å². The van der Waals surface area contributed by atoms with Crippen molar-refractivity contribution in [3.8, 4) is 0 Å². The smallest absolute Gasteiger partial charge is 0.240 e. The maximum atomic E-state index is 13.3. The van der Waals surface area contributed by atoms with Gasteiger partial charge in [-0.05, 0) is 31.4 Å².